The number of phenolic OH excluding ortho intramolecular Hbond substituents is 3. The van der Waals surface area contributed by atoms with E-state index in [2.05, 4.69) is 31.9 Å². The Balaban J connectivity index is 0.0000119. The van der Waals surface area contributed by atoms with Crippen LogP contribution < -0.4 is 63.3 Å². The number of rotatable bonds is 12. The fraction of sp³-hybridized carbons (Fsp3) is 0.415. The summed E-state index contributed by atoms with van der Waals surface area (Å²) >= 11 is 14.1. The van der Waals surface area contributed by atoms with E-state index in [4.69, 9.17) is 68.8 Å². The number of carbonyl (C=O) groups is 8. The minimum Gasteiger partial charge on any atom is -0.508 e. The number of aliphatic carboxylic acids is 1. The number of carboxylic acids is 1. The van der Waals surface area contributed by atoms with E-state index >= 15 is 14.4 Å². The van der Waals surface area contributed by atoms with Gasteiger partial charge in [0.15, 0.2) is 29.9 Å². The molecule has 33 nitrogen and oxygen atoms in total. The summed E-state index contributed by atoms with van der Waals surface area (Å²) in [7, 11) is 0. The lowest BCUT2D eigenvalue weighted by atomic mass is 9.86. The lowest BCUT2D eigenvalue weighted by molar-refractivity contribution is -0.333. The molecule has 7 heterocycles. The average molecular weight is 1470 g/mol. The smallest absolute Gasteiger partial charge is 0.330 e. The monoisotopic (exact) mass is 1470 g/mol. The highest BCUT2D eigenvalue weighted by molar-refractivity contribution is 6.32. The van der Waals surface area contributed by atoms with Gasteiger partial charge in [0, 0.05) is 34.7 Å². The molecule has 2 saturated heterocycles. The van der Waals surface area contributed by atoms with Crippen LogP contribution in [0.5, 0.6) is 46.0 Å². The summed E-state index contributed by atoms with van der Waals surface area (Å²) in [4.78, 5) is 116. The third-order valence-electron chi connectivity index (χ3n) is 17.5. The zero-order valence-corrected chi connectivity index (χ0v) is 56.1. The number of nitrogens with one attached hydrogen (secondary N) is 6. The first-order chi connectivity index (χ1) is 47.1. The zero-order valence-electron chi connectivity index (χ0n) is 53.8. The Morgan fingerprint density at radius 3 is 1.89 bits per heavy atom. The van der Waals surface area contributed by atoms with Crippen LogP contribution in [-0.2, 0) is 52.6 Å². The number of halogens is 3. The molecule has 36 heteroatoms. The third kappa shape index (κ3) is 16.2. The number of carbonyl (C=O) groups excluding carboxylic acids is 7. The van der Waals surface area contributed by atoms with E-state index in [0.29, 0.717) is 0 Å². The Kier molecular flexibility index (Phi) is 23.2. The van der Waals surface area contributed by atoms with Crippen LogP contribution in [0.15, 0.2) is 78.9 Å². The van der Waals surface area contributed by atoms with E-state index < -0.39 is 237 Å². The Morgan fingerprint density at radius 1 is 0.713 bits per heavy atom. The fourth-order valence-electron chi connectivity index (χ4n) is 12.3. The highest BCUT2D eigenvalue weighted by atomic mass is 35.5. The normalized spacial score (nSPS) is 29.3. The minimum absolute atomic E-state index is 0. The summed E-state index contributed by atoms with van der Waals surface area (Å²) in [6.07, 6.45) is -18.8. The van der Waals surface area contributed by atoms with Crippen molar-refractivity contribution in [2.45, 2.75) is 156 Å². The molecular weight excluding hydrogens is 1400 g/mol. The van der Waals surface area contributed by atoms with E-state index in [-0.39, 0.29) is 58.6 Å². The highest BCUT2D eigenvalue weighted by Crippen LogP contribution is 2.50. The predicted molar refractivity (Wildman–Crippen MR) is 352 cm³/mol. The second kappa shape index (κ2) is 30.7. The third-order valence-corrected chi connectivity index (χ3v) is 18.1. The van der Waals surface area contributed by atoms with Crippen molar-refractivity contribution in [1.82, 2.24) is 31.9 Å². The lowest BCUT2D eigenvalue weighted by Gasteiger charge is -2.47. The maximum Gasteiger partial charge on any atom is 0.330 e. The van der Waals surface area contributed by atoms with Crippen molar-refractivity contribution in [2.75, 3.05) is 6.61 Å². The van der Waals surface area contributed by atoms with Crippen LogP contribution in [0.25, 0.3) is 11.1 Å². The van der Waals surface area contributed by atoms with Crippen LogP contribution in [0.2, 0.25) is 10.0 Å². The maximum atomic E-state index is 16.0. The first-order valence-electron chi connectivity index (χ1n) is 31.2. The number of aromatic hydroxyl groups is 3. The van der Waals surface area contributed by atoms with Gasteiger partial charge in [-0.15, -0.1) is 12.4 Å². The Labute approximate surface area is 589 Å². The second-order valence-corrected chi connectivity index (χ2v) is 26.3. The van der Waals surface area contributed by atoms with Crippen molar-refractivity contribution in [3.8, 4) is 57.1 Å². The molecule has 22 N–H and O–H groups in total. The van der Waals surface area contributed by atoms with Crippen molar-refractivity contribution in [2.24, 2.45) is 23.1 Å². The van der Waals surface area contributed by atoms with Gasteiger partial charge in [-0.1, -0.05) is 55.2 Å². The Morgan fingerprint density at radius 2 is 1.31 bits per heavy atom. The molecule has 18 atom stereocenters. The molecule has 5 aromatic carbocycles. The number of ether oxygens (including phenoxy) is 6. The number of benzene rings is 5. The van der Waals surface area contributed by atoms with E-state index in [0.717, 1.165) is 66.7 Å². The van der Waals surface area contributed by atoms with Gasteiger partial charge in [0.25, 0.3) is 0 Å². The van der Waals surface area contributed by atoms with Gasteiger partial charge in [0.05, 0.1) is 41.3 Å². The fourth-order valence-corrected chi connectivity index (χ4v) is 12.7. The summed E-state index contributed by atoms with van der Waals surface area (Å²) in [5.74, 6) is -16.3. The number of carboxylic acid groups (broad SMARTS) is 1. The zero-order chi connectivity index (χ0) is 72.8. The van der Waals surface area contributed by atoms with Gasteiger partial charge >= 0.3 is 5.97 Å². The molecule has 0 spiro atoms. The van der Waals surface area contributed by atoms with E-state index in [1.54, 1.807) is 13.8 Å². The van der Waals surface area contributed by atoms with Crippen LogP contribution in [0.1, 0.15) is 105 Å². The van der Waals surface area contributed by atoms with Crippen LogP contribution in [0.3, 0.4) is 0 Å². The van der Waals surface area contributed by atoms with Crippen molar-refractivity contribution in [1.29, 1.82) is 0 Å². The standard InChI is InChI=1S/C65H73Cl2N9O24.ClH/c1-22(2)11-33(68)57(87)75-48-50(82)25-6-9-37(31(66)13-25)96-39-15-27-16-40(54(39)100-64-55(53(85)52(84)41(21-77)98-64)99-43-20-65(4,70)56(86)23(3)95-43)97-38-10-7-26(14-32(38)67)51(83)49-62(92)74-47(63(93)94)30-17-28(78)18-36(80)44(30)29-12-24(5-8-35(29)79)45(59(89)76-49)73-60(90)46(27)72-58(88)34(19-42(69)81)71-61(48)91;/h5-10,12-18,22-23,33-34,41,43,45-53,55-56,64,77-80,82-86H,11,19-21,68,70H2,1-4H3,(H2,69,81)(H,71,91)(H,72,88)(H,73,90)(H,74,92)(H,75,87)(H,76,89)(H,93,94);1H/t23?,33?,34?,41?,43-,45+,46+,47-,48?,49-,50?,51?,52?,53?,55?,56?,64?,65+;/m1./s1. The quantitative estimate of drug-likeness (QED) is 0.0797. The maximum absolute atomic E-state index is 16.0. The first-order valence-corrected chi connectivity index (χ1v) is 31.9. The molecule has 2 fully saturated rings. The van der Waals surface area contributed by atoms with Gasteiger partial charge in [-0.05, 0) is 103 Å². The molecule has 12 unspecified atom stereocenters. The van der Waals surface area contributed by atoms with Crippen molar-refractivity contribution in [3.05, 3.63) is 117 Å². The summed E-state index contributed by atoms with van der Waals surface area (Å²) < 4.78 is 38.2. The van der Waals surface area contributed by atoms with E-state index in [1.165, 1.54) is 26.0 Å². The lowest BCUT2D eigenvalue weighted by Crippen LogP contribution is -2.64. The molecule has 5 aromatic rings. The average Bonchev–Trinajstić information content (AvgIpc) is 0.769. The topological polar surface area (TPSA) is 544 Å². The number of amides is 7. The number of aliphatic hydroxyl groups is 6. The van der Waals surface area contributed by atoms with Crippen LogP contribution in [0.4, 0.5) is 0 Å². The van der Waals surface area contributed by atoms with E-state index in [9.17, 15) is 75.0 Å². The number of nitrogens with two attached hydrogens (primary N) is 3. The van der Waals surface area contributed by atoms with E-state index in [1.807, 2.05) is 0 Å². The second-order valence-electron chi connectivity index (χ2n) is 25.5. The predicted octanol–water partition coefficient (Wildman–Crippen LogP) is 0.267. The molecule has 0 aliphatic carbocycles. The summed E-state index contributed by atoms with van der Waals surface area (Å²) in [6, 6.07) is -1.18. The van der Waals surface area contributed by atoms with Gasteiger partial charge in [-0.25, -0.2) is 4.79 Å². The number of hydrogen-bond donors (Lipinski definition) is 19. The minimum atomic E-state index is -2.35. The molecule has 12 rings (SSSR count). The number of primary amides is 1. The number of aliphatic hydroxyl groups excluding tert-OH is 6. The van der Waals surface area contributed by atoms with Crippen LogP contribution in [-0.4, -0.2) is 184 Å². The summed E-state index contributed by atoms with van der Waals surface area (Å²) in [5, 5.41) is 127. The Hall–Kier alpha value is -8.91. The first kappa shape index (κ1) is 76.3. The molecular formula is C65H74Cl3N9O24. The van der Waals surface area contributed by atoms with Gasteiger partial charge < -0.3 is 129 Å². The molecule has 0 aromatic heterocycles. The molecule has 7 amide bonds. The summed E-state index contributed by atoms with van der Waals surface area (Å²) in [5.41, 5.74) is 14.1. The van der Waals surface area contributed by atoms with Gasteiger partial charge in [0.1, 0.15) is 89.5 Å². The van der Waals surface area contributed by atoms with Crippen molar-refractivity contribution in [3.63, 3.8) is 0 Å². The van der Waals surface area contributed by atoms with Crippen molar-refractivity contribution >= 4 is 82.9 Å². The molecule has 0 radical (unpaired) electrons. The largest absolute Gasteiger partial charge is 0.508 e. The summed E-state index contributed by atoms with van der Waals surface area (Å²) in [6.45, 7) is 5.53. The molecule has 544 valence electrons. The Bertz CT molecular complexity index is 4060. The SMILES string of the molecule is CC(C)CC(N)C(=O)NC1C(=O)NC(CC(N)=O)C(=O)N[C@@H]2C(=O)N[C@@H]3C(=O)N[C@@H](C(=O)N[C@@H](C(=O)O)c4cc(O)cc(O)c4-c4cc3ccc4O)C(O)c3ccc(c(Cl)c3)Oc3cc2cc(c3OC2OC(CO)C(O)C(O)C2O[C@@H]2C[C@](C)(N)C(O)C(C)O2)Oc2ccc(cc2Cl)C1O.Cl. The molecule has 7 aliphatic rings. The number of phenols is 3. The number of fused-ring (bicyclic) bond motifs is 15. The van der Waals surface area contributed by atoms with Gasteiger partial charge in [0.2, 0.25) is 53.4 Å². The van der Waals surface area contributed by atoms with Gasteiger partial charge in [-0.2, -0.15) is 0 Å². The molecule has 101 heavy (non-hydrogen) atoms. The highest BCUT2D eigenvalue weighted by Gasteiger charge is 2.51. The van der Waals surface area contributed by atoms with Gasteiger partial charge in [-0.3, -0.25) is 33.6 Å². The molecule has 0 saturated carbocycles. The molecule has 11 bridgehead atoms. The van der Waals surface area contributed by atoms with Crippen molar-refractivity contribution < 1.29 is 118 Å². The van der Waals surface area contributed by atoms with Crippen LogP contribution in [0, 0.1) is 5.92 Å². The van der Waals surface area contributed by atoms with Crippen LogP contribution >= 0.6 is 35.6 Å². The number of hydrogen-bond acceptors (Lipinski definition) is 25. The molecule has 7 aliphatic heterocycles.